The van der Waals surface area contributed by atoms with Crippen molar-refractivity contribution in [3.63, 3.8) is 0 Å². The molecule has 1 aromatic carbocycles. The van der Waals surface area contributed by atoms with Crippen LogP contribution in [-0.4, -0.2) is 21.7 Å². The predicted octanol–water partition coefficient (Wildman–Crippen LogP) is 2.32. The molecule has 2 rings (SSSR count). The lowest BCUT2D eigenvalue weighted by Gasteiger charge is -2.11. The minimum Gasteiger partial charge on any atom is -0.491 e. The van der Waals surface area contributed by atoms with Crippen molar-refractivity contribution in [3.8, 4) is 11.4 Å². The quantitative estimate of drug-likeness (QED) is 0.928. The van der Waals surface area contributed by atoms with E-state index in [0.29, 0.717) is 11.4 Å². The summed E-state index contributed by atoms with van der Waals surface area (Å²) in [7, 11) is 0. The van der Waals surface area contributed by atoms with Crippen molar-refractivity contribution in [1.29, 1.82) is 0 Å². The van der Waals surface area contributed by atoms with Crippen LogP contribution in [0, 0.1) is 0 Å². The van der Waals surface area contributed by atoms with Crippen molar-refractivity contribution in [2.24, 2.45) is 0 Å². The smallest absolute Gasteiger partial charge is 0.337 e. The fourth-order valence-electron chi connectivity index (χ4n) is 1.77. The molecule has 0 radical (unpaired) electrons. The van der Waals surface area contributed by atoms with E-state index < -0.39 is 5.97 Å². The lowest BCUT2D eigenvalue weighted by atomic mass is 10.2. The van der Waals surface area contributed by atoms with Gasteiger partial charge in [0.25, 0.3) is 5.56 Å². The number of carbonyl (C=O) groups is 1. The molecule has 0 unspecified atom stereocenters. The van der Waals surface area contributed by atoms with E-state index in [0.717, 1.165) is 0 Å². The Labute approximate surface area is 116 Å². The molecule has 1 aromatic heterocycles. The molecule has 0 atom stereocenters. The van der Waals surface area contributed by atoms with Gasteiger partial charge < -0.3 is 9.84 Å². The molecule has 0 spiro atoms. The zero-order valence-electron chi connectivity index (χ0n) is 11.2. The van der Waals surface area contributed by atoms with Gasteiger partial charge in [-0.3, -0.25) is 9.36 Å². The summed E-state index contributed by atoms with van der Waals surface area (Å²) in [5.74, 6) is -0.371. The third kappa shape index (κ3) is 3.06. The largest absolute Gasteiger partial charge is 0.491 e. The second kappa shape index (κ2) is 5.61. The van der Waals surface area contributed by atoms with Gasteiger partial charge in [-0.15, -0.1) is 0 Å². The van der Waals surface area contributed by atoms with Gasteiger partial charge in [-0.25, -0.2) is 4.79 Å². The number of carboxylic acids is 1. The van der Waals surface area contributed by atoms with E-state index in [1.807, 2.05) is 13.8 Å². The van der Waals surface area contributed by atoms with E-state index in [1.54, 1.807) is 24.3 Å². The Morgan fingerprint density at radius 3 is 2.35 bits per heavy atom. The number of ether oxygens (including phenoxy) is 1. The first-order valence-corrected chi connectivity index (χ1v) is 6.20. The molecular weight excluding hydrogens is 258 g/mol. The second-order valence-corrected chi connectivity index (χ2v) is 4.59. The molecule has 0 aliphatic rings. The van der Waals surface area contributed by atoms with Gasteiger partial charge in [0.05, 0.1) is 11.7 Å². The predicted molar refractivity (Wildman–Crippen MR) is 74.8 cm³/mol. The first-order valence-electron chi connectivity index (χ1n) is 6.20. The Balaban J connectivity index is 2.38. The summed E-state index contributed by atoms with van der Waals surface area (Å²) in [4.78, 5) is 22.7. The summed E-state index contributed by atoms with van der Waals surface area (Å²) in [6.45, 7) is 3.85. The monoisotopic (exact) mass is 273 g/mol. The van der Waals surface area contributed by atoms with Gasteiger partial charge in [0.15, 0.2) is 0 Å². The Kier molecular flexibility index (Phi) is 3.89. The zero-order chi connectivity index (χ0) is 14.7. The van der Waals surface area contributed by atoms with Crippen LogP contribution in [0.1, 0.15) is 24.2 Å². The van der Waals surface area contributed by atoms with Gasteiger partial charge in [0.1, 0.15) is 5.75 Å². The number of hydrogen-bond acceptors (Lipinski definition) is 3. The topological polar surface area (TPSA) is 68.5 Å². The minimum atomic E-state index is -1.07. The number of aromatic carboxylic acids is 1. The van der Waals surface area contributed by atoms with Crippen molar-refractivity contribution < 1.29 is 14.6 Å². The summed E-state index contributed by atoms with van der Waals surface area (Å²) < 4.78 is 6.81. The highest BCUT2D eigenvalue weighted by atomic mass is 16.5. The highest BCUT2D eigenvalue weighted by Gasteiger charge is 2.07. The fourth-order valence-corrected chi connectivity index (χ4v) is 1.77. The van der Waals surface area contributed by atoms with E-state index in [9.17, 15) is 9.59 Å². The summed E-state index contributed by atoms with van der Waals surface area (Å²) >= 11 is 0. The maximum absolute atomic E-state index is 11.8. The van der Waals surface area contributed by atoms with Crippen LogP contribution >= 0.6 is 0 Å². The number of carboxylic acid groups (broad SMARTS) is 1. The van der Waals surface area contributed by atoms with E-state index in [2.05, 4.69) is 0 Å². The average Bonchev–Trinajstić information content (AvgIpc) is 2.39. The number of pyridine rings is 1. The summed E-state index contributed by atoms with van der Waals surface area (Å²) in [6, 6.07) is 9.44. The highest BCUT2D eigenvalue weighted by Crippen LogP contribution is 2.16. The highest BCUT2D eigenvalue weighted by molar-refractivity contribution is 5.87. The van der Waals surface area contributed by atoms with Crippen molar-refractivity contribution in [1.82, 2.24) is 4.57 Å². The molecule has 2 aromatic rings. The molecule has 0 saturated carbocycles. The van der Waals surface area contributed by atoms with E-state index in [-0.39, 0.29) is 17.2 Å². The molecule has 1 N–H and O–H groups in total. The molecule has 5 heteroatoms. The molecule has 1 heterocycles. The van der Waals surface area contributed by atoms with E-state index in [4.69, 9.17) is 9.84 Å². The van der Waals surface area contributed by atoms with Crippen molar-refractivity contribution in [2.75, 3.05) is 0 Å². The Hall–Kier alpha value is -2.56. The lowest BCUT2D eigenvalue weighted by molar-refractivity contribution is 0.0696. The van der Waals surface area contributed by atoms with Crippen molar-refractivity contribution >= 4 is 5.97 Å². The van der Waals surface area contributed by atoms with Gasteiger partial charge in [-0.05, 0) is 44.2 Å². The number of hydrogen-bond donors (Lipinski definition) is 1. The maximum Gasteiger partial charge on any atom is 0.337 e. The molecule has 0 aliphatic carbocycles. The van der Waals surface area contributed by atoms with Gasteiger partial charge in [-0.2, -0.15) is 0 Å². The lowest BCUT2D eigenvalue weighted by Crippen LogP contribution is -2.18. The van der Waals surface area contributed by atoms with Crippen LogP contribution in [0.5, 0.6) is 5.75 Å². The molecule has 20 heavy (non-hydrogen) atoms. The third-order valence-electron chi connectivity index (χ3n) is 2.64. The average molecular weight is 273 g/mol. The molecule has 0 aliphatic heterocycles. The number of nitrogens with zero attached hydrogens (tertiary/aromatic N) is 1. The van der Waals surface area contributed by atoms with Gasteiger partial charge in [0.2, 0.25) is 0 Å². The Morgan fingerprint density at radius 1 is 1.15 bits per heavy atom. The first-order chi connectivity index (χ1) is 9.47. The molecular formula is C15H15NO4. The van der Waals surface area contributed by atoms with Crippen LogP contribution in [0.2, 0.25) is 0 Å². The molecule has 104 valence electrons. The number of benzene rings is 1. The van der Waals surface area contributed by atoms with Crippen LogP contribution in [0.15, 0.2) is 47.4 Å². The van der Waals surface area contributed by atoms with Crippen LogP contribution in [0.4, 0.5) is 0 Å². The summed E-state index contributed by atoms with van der Waals surface area (Å²) in [5.41, 5.74) is 0.369. The Bertz CT molecular complexity index is 671. The fraction of sp³-hybridized carbons (Fsp3) is 0.200. The van der Waals surface area contributed by atoms with Crippen LogP contribution in [0.25, 0.3) is 5.69 Å². The van der Waals surface area contributed by atoms with Crippen molar-refractivity contribution in [2.45, 2.75) is 20.0 Å². The molecule has 0 amide bonds. The molecule has 5 nitrogen and oxygen atoms in total. The SMILES string of the molecule is CC(C)Oc1ccc(-n2cc(C(=O)O)ccc2=O)cc1. The van der Waals surface area contributed by atoms with Gasteiger partial charge >= 0.3 is 5.97 Å². The standard InChI is InChI=1S/C15H15NO4/c1-10(2)20-13-6-4-12(5-7-13)16-9-11(15(18)19)3-8-14(16)17/h3-10H,1-2H3,(H,18,19). The maximum atomic E-state index is 11.8. The number of rotatable bonds is 4. The second-order valence-electron chi connectivity index (χ2n) is 4.59. The molecule has 0 fully saturated rings. The third-order valence-corrected chi connectivity index (χ3v) is 2.64. The summed E-state index contributed by atoms with van der Waals surface area (Å²) in [6.07, 6.45) is 1.38. The zero-order valence-corrected chi connectivity index (χ0v) is 11.2. The van der Waals surface area contributed by atoms with Crippen molar-refractivity contribution in [3.05, 3.63) is 58.5 Å². The molecule has 0 bridgehead atoms. The van der Waals surface area contributed by atoms with Gasteiger partial charge in [-0.1, -0.05) is 0 Å². The van der Waals surface area contributed by atoms with Crippen LogP contribution in [-0.2, 0) is 0 Å². The van der Waals surface area contributed by atoms with E-state index in [1.165, 1.54) is 22.9 Å². The summed E-state index contributed by atoms with van der Waals surface area (Å²) in [5, 5.41) is 8.95. The van der Waals surface area contributed by atoms with Gasteiger partial charge in [0, 0.05) is 18.0 Å². The minimum absolute atomic E-state index is 0.0621. The van der Waals surface area contributed by atoms with Crippen LogP contribution < -0.4 is 10.3 Å². The molecule has 0 saturated heterocycles. The number of aromatic nitrogens is 1. The van der Waals surface area contributed by atoms with E-state index >= 15 is 0 Å². The van der Waals surface area contributed by atoms with Crippen LogP contribution in [0.3, 0.4) is 0 Å². The normalized spacial score (nSPS) is 10.6. The first kappa shape index (κ1) is 13.9. The Morgan fingerprint density at radius 2 is 1.80 bits per heavy atom.